The highest BCUT2D eigenvalue weighted by Crippen LogP contribution is 2.38. The van der Waals surface area contributed by atoms with Crippen LogP contribution in [-0.2, 0) is 0 Å². The first-order chi connectivity index (χ1) is 14.3. The zero-order valence-electron chi connectivity index (χ0n) is 17.0. The third-order valence-electron chi connectivity index (χ3n) is 5.44. The number of halogens is 2. The first-order valence-corrected chi connectivity index (χ1v) is 10.1. The molecule has 0 saturated carbocycles. The Hall–Kier alpha value is -2.70. The summed E-state index contributed by atoms with van der Waals surface area (Å²) < 4.78 is 19.5. The van der Waals surface area contributed by atoms with E-state index in [0.717, 1.165) is 18.5 Å². The molecule has 2 aromatic carbocycles. The first-order valence-electron chi connectivity index (χ1n) is 9.76. The van der Waals surface area contributed by atoms with Gasteiger partial charge in [-0.2, -0.15) is 0 Å². The molecule has 3 aromatic rings. The molecule has 0 fully saturated rings. The Morgan fingerprint density at radius 1 is 1.17 bits per heavy atom. The van der Waals surface area contributed by atoms with Gasteiger partial charge in [0.25, 0.3) is 5.91 Å². The van der Waals surface area contributed by atoms with Gasteiger partial charge in [-0.25, -0.2) is 4.39 Å². The van der Waals surface area contributed by atoms with Crippen molar-refractivity contribution in [2.75, 3.05) is 27.2 Å². The van der Waals surface area contributed by atoms with Gasteiger partial charge in [0.15, 0.2) is 5.43 Å². The van der Waals surface area contributed by atoms with E-state index in [-0.39, 0.29) is 28.5 Å². The van der Waals surface area contributed by atoms with E-state index in [1.165, 1.54) is 12.1 Å². The molecule has 0 aliphatic carbocycles. The summed E-state index contributed by atoms with van der Waals surface area (Å²) in [4.78, 5) is 30.3. The number of nitrogens with zero attached hydrogens (tertiary/aromatic N) is 2. The van der Waals surface area contributed by atoms with E-state index in [9.17, 15) is 14.0 Å². The predicted molar refractivity (Wildman–Crippen MR) is 115 cm³/mol. The molecule has 0 radical (unpaired) electrons. The fourth-order valence-electron chi connectivity index (χ4n) is 3.92. The van der Waals surface area contributed by atoms with E-state index in [0.29, 0.717) is 28.1 Å². The number of benzene rings is 2. The summed E-state index contributed by atoms with van der Waals surface area (Å²) in [6.45, 7) is 3.04. The van der Waals surface area contributed by atoms with Crippen molar-refractivity contribution in [1.29, 1.82) is 0 Å². The summed E-state index contributed by atoms with van der Waals surface area (Å²) in [5.74, 6) is -0.659. The zero-order chi connectivity index (χ0) is 21.6. The molecule has 30 heavy (non-hydrogen) atoms. The predicted octanol–water partition coefficient (Wildman–Crippen LogP) is 4.39. The van der Waals surface area contributed by atoms with Crippen molar-refractivity contribution in [3.63, 3.8) is 0 Å². The van der Waals surface area contributed by atoms with Crippen LogP contribution in [0.15, 0.2) is 45.6 Å². The highest BCUT2D eigenvalue weighted by atomic mass is 35.5. The van der Waals surface area contributed by atoms with Crippen LogP contribution in [0.25, 0.3) is 11.0 Å². The average Bonchev–Trinajstić information content (AvgIpc) is 2.97. The van der Waals surface area contributed by atoms with Crippen molar-refractivity contribution in [3.8, 4) is 0 Å². The fraction of sp³-hybridized carbons (Fsp3) is 0.304. The second-order valence-electron chi connectivity index (χ2n) is 7.88. The lowest BCUT2D eigenvalue weighted by atomic mass is 9.98. The van der Waals surface area contributed by atoms with E-state index in [1.807, 2.05) is 25.9 Å². The van der Waals surface area contributed by atoms with Crippen molar-refractivity contribution in [2.45, 2.75) is 19.4 Å². The Labute approximate surface area is 178 Å². The minimum absolute atomic E-state index is 0.0494. The third kappa shape index (κ3) is 3.50. The maximum atomic E-state index is 13.5. The smallest absolute Gasteiger partial charge is 0.290 e. The summed E-state index contributed by atoms with van der Waals surface area (Å²) in [5.41, 5.74) is 1.76. The molecule has 4 rings (SSSR count). The van der Waals surface area contributed by atoms with Crippen LogP contribution in [0.1, 0.15) is 39.7 Å². The summed E-state index contributed by atoms with van der Waals surface area (Å²) in [7, 11) is 3.92. The maximum absolute atomic E-state index is 13.5. The lowest BCUT2D eigenvalue weighted by Gasteiger charge is -2.25. The average molecular weight is 429 g/mol. The van der Waals surface area contributed by atoms with E-state index < -0.39 is 6.04 Å². The van der Waals surface area contributed by atoms with Gasteiger partial charge in [-0.15, -0.1) is 0 Å². The van der Waals surface area contributed by atoms with Crippen molar-refractivity contribution in [2.24, 2.45) is 0 Å². The molecular weight excluding hydrogens is 407 g/mol. The lowest BCUT2D eigenvalue weighted by Crippen LogP contribution is -2.32. The second kappa shape index (κ2) is 7.85. The molecule has 1 unspecified atom stereocenters. The van der Waals surface area contributed by atoms with Gasteiger partial charge >= 0.3 is 0 Å². The van der Waals surface area contributed by atoms with Crippen LogP contribution in [0.5, 0.6) is 0 Å². The highest BCUT2D eigenvalue weighted by molar-refractivity contribution is 6.32. The molecule has 156 valence electrons. The van der Waals surface area contributed by atoms with Crippen LogP contribution in [-0.4, -0.2) is 42.9 Å². The van der Waals surface area contributed by atoms with Crippen molar-refractivity contribution in [1.82, 2.24) is 9.80 Å². The molecule has 0 spiro atoms. The van der Waals surface area contributed by atoms with Crippen LogP contribution >= 0.6 is 11.6 Å². The molecule has 1 aliphatic rings. The van der Waals surface area contributed by atoms with Crippen LogP contribution in [0, 0.1) is 12.7 Å². The number of carbonyl (C=O) groups is 1. The fourth-order valence-corrected chi connectivity index (χ4v) is 4.08. The molecule has 1 amide bonds. The van der Waals surface area contributed by atoms with Crippen molar-refractivity contribution >= 4 is 28.5 Å². The standard InChI is InChI=1S/C23H22ClFN2O3/c1-13-11-18-16(12-17(13)24)21(28)19-20(14-5-7-15(25)8-6-14)27(10-4-9-26(2)3)23(29)22(19)30-18/h5-8,11-12,20H,4,9-10H2,1-3H3. The molecule has 0 N–H and O–H groups in total. The Balaban J connectivity index is 1.90. The normalized spacial score (nSPS) is 16.0. The van der Waals surface area contributed by atoms with Crippen molar-refractivity contribution in [3.05, 3.63) is 79.9 Å². The lowest BCUT2D eigenvalue weighted by molar-refractivity contribution is 0.0722. The Bertz CT molecular complexity index is 1190. The van der Waals surface area contributed by atoms with Crippen molar-refractivity contribution < 1.29 is 13.6 Å². The first kappa shape index (κ1) is 20.6. The number of fused-ring (bicyclic) bond motifs is 2. The Morgan fingerprint density at radius 3 is 2.53 bits per heavy atom. The molecule has 7 heteroatoms. The topological polar surface area (TPSA) is 53.8 Å². The van der Waals surface area contributed by atoms with E-state index in [1.54, 1.807) is 29.2 Å². The van der Waals surface area contributed by atoms with Crippen LogP contribution < -0.4 is 5.43 Å². The summed E-state index contributed by atoms with van der Waals surface area (Å²) >= 11 is 6.23. The van der Waals surface area contributed by atoms with E-state index >= 15 is 0 Å². The number of amides is 1. The molecule has 0 saturated heterocycles. The molecule has 1 aliphatic heterocycles. The van der Waals surface area contributed by atoms with Gasteiger partial charge in [0, 0.05) is 11.6 Å². The second-order valence-corrected chi connectivity index (χ2v) is 8.29. The largest absolute Gasteiger partial charge is 0.450 e. The summed E-state index contributed by atoms with van der Waals surface area (Å²) in [6, 6.07) is 8.50. The van der Waals surface area contributed by atoms with Gasteiger partial charge in [0.05, 0.1) is 17.0 Å². The summed E-state index contributed by atoms with van der Waals surface area (Å²) in [5, 5.41) is 0.791. The SMILES string of the molecule is Cc1cc2oc3c(c(=O)c2cc1Cl)C(c1ccc(F)cc1)N(CCCN(C)C)C3=O. The van der Waals surface area contributed by atoms with Gasteiger partial charge in [-0.05, 0) is 69.4 Å². The number of hydrogen-bond donors (Lipinski definition) is 0. The number of carbonyl (C=O) groups excluding carboxylic acids is 1. The van der Waals surface area contributed by atoms with E-state index in [4.69, 9.17) is 16.0 Å². The molecule has 1 atom stereocenters. The summed E-state index contributed by atoms with van der Waals surface area (Å²) in [6.07, 6.45) is 0.725. The van der Waals surface area contributed by atoms with Crippen LogP contribution in [0.3, 0.4) is 0 Å². The Kier molecular flexibility index (Phi) is 5.38. The quantitative estimate of drug-likeness (QED) is 0.604. The monoisotopic (exact) mass is 428 g/mol. The van der Waals surface area contributed by atoms with Gasteiger partial charge in [-0.1, -0.05) is 23.7 Å². The number of hydrogen-bond acceptors (Lipinski definition) is 4. The Morgan fingerprint density at radius 2 is 1.87 bits per heavy atom. The molecular formula is C23H22ClFN2O3. The van der Waals surface area contributed by atoms with Gasteiger partial charge in [-0.3, -0.25) is 9.59 Å². The van der Waals surface area contributed by atoms with E-state index in [2.05, 4.69) is 0 Å². The molecule has 5 nitrogen and oxygen atoms in total. The number of aryl methyl sites for hydroxylation is 1. The highest BCUT2D eigenvalue weighted by Gasteiger charge is 2.42. The molecule has 0 bridgehead atoms. The third-order valence-corrected chi connectivity index (χ3v) is 5.84. The van der Waals surface area contributed by atoms with Crippen LogP contribution in [0.4, 0.5) is 4.39 Å². The molecule has 2 heterocycles. The van der Waals surface area contributed by atoms with Crippen LogP contribution in [0.2, 0.25) is 5.02 Å². The molecule has 1 aromatic heterocycles. The number of rotatable bonds is 5. The zero-order valence-corrected chi connectivity index (χ0v) is 17.8. The minimum Gasteiger partial charge on any atom is -0.450 e. The minimum atomic E-state index is -0.629. The maximum Gasteiger partial charge on any atom is 0.290 e. The van der Waals surface area contributed by atoms with Gasteiger partial charge in [0.2, 0.25) is 5.76 Å². The van der Waals surface area contributed by atoms with Gasteiger partial charge in [0.1, 0.15) is 11.4 Å². The van der Waals surface area contributed by atoms with Gasteiger partial charge < -0.3 is 14.2 Å².